The summed E-state index contributed by atoms with van der Waals surface area (Å²) in [6.07, 6.45) is 2.09. The second-order valence-corrected chi connectivity index (χ2v) is 9.31. The normalized spacial score (nSPS) is 17.3. The number of nitrogens with zero attached hydrogens (tertiary/aromatic N) is 1. The van der Waals surface area contributed by atoms with Gasteiger partial charge in [-0.05, 0) is 74.8 Å². The molecule has 0 radical (unpaired) electrons. The van der Waals surface area contributed by atoms with Crippen molar-refractivity contribution in [2.24, 2.45) is 5.92 Å². The van der Waals surface area contributed by atoms with E-state index >= 15 is 0 Å². The summed E-state index contributed by atoms with van der Waals surface area (Å²) in [5, 5.41) is 2.63. The average Bonchev–Trinajstić information content (AvgIpc) is 3.09. The third kappa shape index (κ3) is 5.68. The first kappa shape index (κ1) is 21.5. The number of likely N-dealkylation sites (tertiary alicyclic amines) is 1. The lowest BCUT2D eigenvalue weighted by atomic mass is 10.1. The first-order valence-corrected chi connectivity index (χ1v) is 11.2. The highest BCUT2D eigenvalue weighted by Crippen LogP contribution is 2.22. The number of rotatable bonds is 7. The largest absolute Gasteiger partial charge is 0.352 e. The van der Waals surface area contributed by atoms with E-state index in [1.54, 1.807) is 12.1 Å². The van der Waals surface area contributed by atoms with E-state index in [1.807, 2.05) is 0 Å². The number of carbonyl (C=O) groups is 1. The predicted molar refractivity (Wildman–Crippen MR) is 111 cm³/mol. The Balaban J connectivity index is 1.56. The van der Waals surface area contributed by atoms with Crippen molar-refractivity contribution in [3.63, 3.8) is 0 Å². The summed E-state index contributed by atoms with van der Waals surface area (Å²) < 4.78 is 40.4. The molecule has 0 saturated carbocycles. The molecule has 2 N–H and O–H groups in total. The minimum absolute atomic E-state index is 0.150. The Morgan fingerprint density at radius 1 is 1.24 bits per heavy atom. The molecule has 1 unspecified atom stereocenters. The Bertz CT molecular complexity index is 983. The van der Waals surface area contributed by atoms with Crippen molar-refractivity contribution >= 4 is 33.2 Å². The van der Waals surface area contributed by atoms with E-state index in [1.165, 1.54) is 12.1 Å². The molecule has 3 rings (SSSR count). The number of benzene rings is 2. The molecule has 156 valence electrons. The Kier molecular flexibility index (Phi) is 6.77. The van der Waals surface area contributed by atoms with Crippen molar-refractivity contribution in [2.75, 3.05) is 31.4 Å². The average molecular weight is 440 g/mol. The van der Waals surface area contributed by atoms with Gasteiger partial charge in [-0.15, -0.1) is 0 Å². The molecular formula is C20H23ClFN3O3S. The lowest BCUT2D eigenvalue weighted by Gasteiger charge is -2.12. The first-order valence-electron chi connectivity index (χ1n) is 9.29. The van der Waals surface area contributed by atoms with Crippen LogP contribution in [0.15, 0.2) is 47.4 Å². The third-order valence-corrected chi connectivity index (χ3v) is 6.60. The fraction of sp³-hybridized carbons (Fsp3) is 0.350. The summed E-state index contributed by atoms with van der Waals surface area (Å²) in [5.41, 5.74) is 0.734. The Hall–Kier alpha value is -2.16. The molecule has 1 aliphatic rings. The van der Waals surface area contributed by atoms with Crippen LogP contribution in [0.4, 0.5) is 10.1 Å². The fourth-order valence-corrected chi connectivity index (χ4v) is 4.63. The number of nitrogens with one attached hydrogen (secondary N) is 2. The molecule has 29 heavy (non-hydrogen) atoms. The minimum Gasteiger partial charge on any atom is -0.352 e. The molecule has 1 saturated heterocycles. The molecule has 1 aliphatic heterocycles. The van der Waals surface area contributed by atoms with E-state index < -0.39 is 15.8 Å². The summed E-state index contributed by atoms with van der Waals surface area (Å²) in [5.74, 6) is -0.283. The topological polar surface area (TPSA) is 78.5 Å². The van der Waals surface area contributed by atoms with Crippen molar-refractivity contribution in [3.05, 3.63) is 58.9 Å². The summed E-state index contributed by atoms with van der Waals surface area (Å²) in [6.45, 7) is 2.77. The Morgan fingerprint density at radius 2 is 1.97 bits per heavy atom. The van der Waals surface area contributed by atoms with Gasteiger partial charge in [-0.2, -0.15) is 0 Å². The number of hydrogen-bond acceptors (Lipinski definition) is 4. The van der Waals surface area contributed by atoms with Gasteiger partial charge in [0.2, 0.25) is 0 Å². The summed E-state index contributed by atoms with van der Waals surface area (Å²) in [4.78, 5) is 14.4. The Labute approximate surface area is 175 Å². The van der Waals surface area contributed by atoms with Gasteiger partial charge in [-0.1, -0.05) is 11.6 Å². The SMILES string of the molecule is CN1CCC(CCNC(=O)c2ccc(NS(=O)(=O)c3ccc(F)c(Cl)c3)cc2)C1. The Morgan fingerprint density at radius 3 is 2.59 bits per heavy atom. The van der Waals surface area contributed by atoms with Crippen LogP contribution in [-0.2, 0) is 10.0 Å². The number of halogens is 2. The smallest absolute Gasteiger partial charge is 0.261 e. The van der Waals surface area contributed by atoms with Gasteiger partial charge in [-0.25, -0.2) is 12.8 Å². The quantitative estimate of drug-likeness (QED) is 0.693. The van der Waals surface area contributed by atoms with Crippen LogP contribution in [0.2, 0.25) is 5.02 Å². The summed E-state index contributed by atoms with van der Waals surface area (Å²) in [6, 6.07) is 9.28. The zero-order valence-corrected chi connectivity index (χ0v) is 17.6. The lowest BCUT2D eigenvalue weighted by molar-refractivity contribution is 0.0951. The molecule has 0 aromatic heterocycles. The second-order valence-electron chi connectivity index (χ2n) is 7.22. The van der Waals surface area contributed by atoms with Gasteiger partial charge in [-0.3, -0.25) is 9.52 Å². The van der Waals surface area contributed by atoms with Crippen LogP contribution in [-0.4, -0.2) is 45.9 Å². The van der Waals surface area contributed by atoms with Gasteiger partial charge < -0.3 is 10.2 Å². The van der Waals surface area contributed by atoms with Crippen LogP contribution >= 0.6 is 11.6 Å². The molecule has 0 aliphatic carbocycles. The molecule has 2 aromatic carbocycles. The molecule has 0 spiro atoms. The molecule has 2 aromatic rings. The van der Waals surface area contributed by atoms with Crippen LogP contribution in [0, 0.1) is 11.7 Å². The highest BCUT2D eigenvalue weighted by molar-refractivity contribution is 7.92. The highest BCUT2D eigenvalue weighted by atomic mass is 35.5. The van der Waals surface area contributed by atoms with E-state index in [2.05, 4.69) is 22.0 Å². The van der Waals surface area contributed by atoms with Crippen LogP contribution in [0.5, 0.6) is 0 Å². The highest BCUT2D eigenvalue weighted by Gasteiger charge is 2.19. The maximum absolute atomic E-state index is 13.2. The molecule has 0 bridgehead atoms. The van der Waals surface area contributed by atoms with E-state index in [9.17, 15) is 17.6 Å². The maximum Gasteiger partial charge on any atom is 0.261 e. The summed E-state index contributed by atoms with van der Waals surface area (Å²) in [7, 11) is -1.82. The zero-order valence-electron chi connectivity index (χ0n) is 16.0. The second kappa shape index (κ2) is 9.11. The van der Waals surface area contributed by atoms with Crippen molar-refractivity contribution in [1.82, 2.24) is 10.2 Å². The van der Waals surface area contributed by atoms with Crippen LogP contribution < -0.4 is 10.0 Å². The zero-order chi connectivity index (χ0) is 21.0. The standard InChI is InChI=1S/C20H23ClFN3O3S/c1-25-11-9-14(13-25)8-10-23-20(26)15-2-4-16(5-3-15)24-29(27,28)17-6-7-19(22)18(21)12-17/h2-7,12,14,24H,8-11,13H2,1H3,(H,23,26). The molecule has 1 fully saturated rings. The van der Waals surface area contributed by atoms with Crippen LogP contribution in [0.25, 0.3) is 0 Å². The van der Waals surface area contributed by atoms with E-state index in [0.717, 1.165) is 44.1 Å². The third-order valence-electron chi connectivity index (χ3n) is 4.93. The van der Waals surface area contributed by atoms with Gasteiger partial charge in [0.25, 0.3) is 15.9 Å². The van der Waals surface area contributed by atoms with Crippen molar-refractivity contribution in [2.45, 2.75) is 17.7 Å². The molecule has 6 nitrogen and oxygen atoms in total. The van der Waals surface area contributed by atoms with Crippen molar-refractivity contribution in [3.8, 4) is 0 Å². The van der Waals surface area contributed by atoms with Gasteiger partial charge in [0, 0.05) is 24.3 Å². The molecule has 9 heteroatoms. The van der Waals surface area contributed by atoms with Crippen LogP contribution in [0.3, 0.4) is 0 Å². The van der Waals surface area contributed by atoms with Crippen molar-refractivity contribution < 1.29 is 17.6 Å². The number of hydrogen-bond donors (Lipinski definition) is 2. The molecule has 1 atom stereocenters. The number of sulfonamides is 1. The molecule has 1 heterocycles. The van der Waals surface area contributed by atoms with Gasteiger partial charge in [0.15, 0.2) is 0 Å². The number of anilines is 1. The first-order chi connectivity index (χ1) is 13.7. The van der Waals surface area contributed by atoms with E-state index in [0.29, 0.717) is 18.0 Å². The van der Waals surface area contributed by atoms with Gasteiger partial charge in [0.05, 0.1) is 9.92 Å². The van der Waals surface area contributed by atoms with Gasteiger partial charge in [0.1, 0.15) is 5.82 Å². The molecule has 1 amide bonds. The number of carbonyl (C=O) groups excluding carboxylic acids is 1. The monoisotopic (exact) mass is 439 g/mol. The maximum atomic E-state index is 13.2. The minimum atomic E-state index is -3.92. The predicted octanol–water partition coefficient (Wildman–Crippen LogP) is 3.35. The number of amides is 1. The lowest BCUT2D eigenvalue weighted by Crippen LogP contribution is -2.26. The molecular weight excluding hydrogens is 417 g/mol. The van der Waals surface area contributed by atoms with E-state index in [4.69, 9.17) is 11.6 Å². The van der Waals surface area contributed by atoms with Crippen molar-refractivity contribution in [1.29, 1.82) is 0 Å². The fourth-order valence-electron chi connectivity index (χ4n) is 3.30. The summed E-state index contributed by atoms with van der Waals surface area (Å²) >= 11 is 5.65. The van der Waals surface area contributed by atoms with Crippen LogP contribution in [0.1, 0.15) is 23.2 Å². The van der Waals surface area contributed by atoms with E-state index in [-0.39, 0.29) is 21.5 Å². The van der Waals surface area contributed by atoms with Gasteiger partial charge >= 0.3 is 0 Å².